The van der Waals surface area contributed by atoms with Crippen LogP contribution in [-0.2, 0) is 19.1 Å². The number of esters is 1. The molecule has 0 aliphatic heterocycles. The van der Waals surface area contributed by atoms with Gasteiger partial charge in [0, 0.05) is 13.0 Å². The Morgan fingerprint density at radius 1 is 1.27 bits per heavy atom. The molecular weight excluding hydrogens is 284 g/mol. The van der Waals surface area contributed by atoms with Crippen LogP contribution in [0.1, 0.15) is 25.0 Å². The lowest BCUT2D eigenvalue weighted by Crippen LogP contribution is -2.44. The SMILES string of the molecule is COC(=O)[C@H](C[C@H](C)C#N)NC(=O)[C@H](OC)c1ccccc1. The Morgan fingerprint density at radius 2 is 1.91 bits per heavy atom. The van der Waals surface area contributed by atoms with Gasteiger partial charge in [-0.15, -0.1) is 0 Å². The van der Waals surface area contributed by atoms with Crippen molar-refractivity contribution in [3.63, 3.8) is 0 Å². The highest BCUT2D eigenvalue weighted by atomic mass is 16.5. The number of ether oxygens (including phenoxy) is 2. The van der Waals surface area contributed by atoms with E-state index in [1.54, 1.807) is 31.2 Å². The second-order valence-electron chi connectivity index (χ2n) is 4.88. The molecule has 0 aliphatic rings. The number of nitriles is 1. The first-order valence-corrected chi connectivity index (χ1v) is 6.89. The lowest BCUT2D eigenvalue weighted by Gasteiger charge is -2.21. The highest BCUT2D eigenvalue weighted by Gasteiger charge is 2.28. The molecule has 22 heavy (non-hydrogen) atoms. The molecule has 0 unspecified atom stereocenters. The van der Waals surface area contributed by atoms with Gasteiger partial charge in [-0.1, -0.05) is 30.3 Å². The molecule has 0 spiro atoms. The van der Waals surface area contributed by atoms with E-state index in [0.29, 0.717) is 5.56 Å². The zero-order valence-corrected chi connectivity index (χ0v) is 12.9. The summed E-state index contributed by atoms with van der Waals surface area (Å²) in [4.78, 5) is 24.1. The second-order valence-corrected chi connectivity index (χ2v) is 4.88. The molecule has 118 valence electrons. The van der Waals surface area contributed by atoms with Gasteiger partial charge in [0.1, 0.15) is 6.04 Å². The molecule has 1 aromatic rings. The summed E-state index contributed by atoms with van der Waals surface area (Å²) in [5.41, 5.74) is 0.680. The lowest BCUT2D eigenvalue weighted by molar-refractivity contribution is -0.147. The number of hydrogen-bond acceptors (Lipinski definition) is 5. The third-order valence-electron chi connectivity index (χ3n) is 3.19. The van der Waals surface area contributed by atoms with Gasteiger partial charge in [-0.05, 0) is 18.9 Å². The number of carbonyl (C=O) groups is 2. The van der Waals surface area contributed by atoms with Crippen LogP contribution in [0.4, 0.5) is 0 Å². The topological polar surface area (TPSA) is 88.4 Å². The Balaban J connectivity index is 2.85. The summed E-state index contributed by atoms with van der Waals surface area (Å²) in [6.45, 7) is 1.67. The summed E-state index contributed by atoms with van der Waals surface area (Å²) in [7, 11) is 2.66. The summed E-state index contributed by atoms with van der Waals surface area (Å²) >= 11 is 0. The van der Waals surface area contributed by atoms with Crippen LogP contribution in [-0.4, -0.2) is 32.1 Å². The highest BCUT2D eigenvalue weighted by Crippen LogP contribution is 2.17. The predicted octanol–water partition coefficient (Wildman–Crippen LogP) is 1.58. The molecule has 0 aliphatic carbocycles. The third kappa shape index (κ3) is 4.86. The van der Waals surface area contributed by atoms with Gasteiger partial charge >= 0.3 is 5.97 Å². The summed E-state index contributed by atoms with van der Waals surface area (Å²) in [6, 6.07) is 10.1. The maximum atomic E-state index is 12.3. The summed E-state index contributed by atoms with van der Waals surface area (Å²) in [5, 5.41) is 11.5. The van der Waals surface area contributed by atoms with Crippen LogP contribution in [0.3, 0.4) is 0 Å². The minimum Gasteiger partial charge on any atom is -0.467 e. The van der Waals surface area contributed by atoms with Crippen molar-refractivity contribution in [1.29, 1.82) is 5.26 Å². The van der Waals surface area contributed by atoms with Gasteiger partial charge in [-0.3, -0.25) is 4.79 Å². The van der Waals surface area contributed by atoms with Gasteiger partial charge in [0.2, 0.25) is 0 Å². The molecule has 1 rings (SSSR count). The summed E-state index contributed by atoms with van der Waals surface area (Å²) in [6.07, 6.45) is -0.647. The predicted molar refractivity (Wildman–Crippen MR) is 79.5 cm³/mol. The number of rotatable bonds is 7. The number of amides is 1. The second kappa shape index (κ2) is 8.80. The van der Waals surface area contributed by atoms with E-state index in [0.717, 1.165) is 0 Å². The number of carbonyl (C=O) groups excluding carboxylic acids is 2. The van der Waals surface area contributed by atoms with E-state index in [2.05, 4.69) is 10.1 Å². The molecule has 0 saturated carbocycles. The van der Waals surface area contributed by atoms with E-state index in [-0.39, 0.29) is 12.3 Å². The van der Waals surface area contributed by atoms with E-state index in [1.807, 2.05) is 12.1 Å². The maximum absolute atomic E-state index is 12.3. The van der Waals surface area contributed by atoms with Crippen molar-refractivity contribution in [3.05, 3.63) is 35.9 Å². The van der Waals surface area contributed by atoms with Gasteiger partial charge in [0.05, 0.1) is 13.2 Å². The monoisotopic (exact) mass is 304 g/mol. The van der Waals surface area contributed by atoms with Crippen molar-refractivity contribution in [2.24, 2.45) is 5.92 Å². The molecule has 1 amide bonds. The molecule has 0 fully saturated rings. The third-order valence-corrected chi connectivity index (χ3v) is 3.19. The minimum atomic E-state index is -0.881. The van der Waals surface area contributed by atoms with Crippen molar-refractivity contribution in [3.8, 4) is 6.07 Å². The Bertz CT molecular complexity index is 539. The van der Waals surface area contributed by atoms with Crippen molar-refractivity contribution in [2.75, 3.05) is 14.2 Å². The zero-order chi connectivity index (χ0) is 16.5. The molecule has 1 aromatic carbocycles. The molecule has 1 N–H and O–H groups in total. The van der Waals surface area contributed by atoms with Crippen molar-refractivity contribution >= 4 is 11.9 Å². The molecule has 6 nitrogen and oxygen atoms in total. The molecule has 0 bridgehead atoms. The fourth-order valence-electron chi connectivity index (χ4n) is 2.03. The quantitative estimate of drug-likeness (QED) is 0.773. The van der Waals surface area contributed by atoms with Crippen LogP contribution in [0.25, 0.3) is 0 Å². The standard InChI is InChI=1S/C16H20N2O4/c1-11(10-17)9-13(16(20)22-3)18-15(19)14(21-2)12-7-5-4-6-8-12/h4-8,11,13-14H,9H2,1-3H3,(H,18,19)/t11-,13-,14+/m0/s1. The first-order valence-electron chi connectivity index (χ1n) is 6.89. The average molecular weight is 304 g/mol. The molecule has 0 radical (unpaired) electrons. The van der Waals surface area contributed by atoms with E-state index in [9.17, 15) is 9.59 Å². The van der Waals surface area contributed by atoms with Gasteiger partial charge in [-0.25, -0.2) is 4.79 Å². The van der Waals surface area contributed by atoms with Crippen molar-refractivity contribution in [2.45, 2.75) is 25.5 Å². The Hall–Kier alpha value is -2.39. The number of nitrogens with zero attached hydrogens (tertiary/aromatic N) is 1. The van der Waals surface area contributed by atoms with Crippen LogP contribution >= 0.6 is 0 Å². The number of nitrogens with one attached hydrogen (secondary N) is 1. The minimum absolute atomic E-state index is 0.181. The fourth-order valence-corrected chi connectivity index (χ4v) is 2.03. The van der Waals surface area contributed by atoms with Crippen LogP contribution in [0.5, 0.6) is 0 Å². The van der Waals surface area contributed by atoms with E-state index < -0.39 is 24.0 Å². The number of benzene rings is 1. The Labute approximate surface area is 130 Å². The summed E-state index contributed by atoms with van der Waals surface area (Å²) < 4.78 is 9.89. The number of methoxy groups -OCH3 is 2. The fraction of sp³-hybridized carbons (Fsp3) is 0.438. The largest absolute Gasteiger partial charge is 0.467 e. The van der Waals surface area contributed by atoms with E-state index in [1.165, 1.54) is 14.2 Å². The van der Waals surface area contributed by atoms with Crippen molar-refractivity contribution in [1.82, 2.24) is 5.32 Å². The highest BCUT2D eigenvalue weighted by molar-refractivity contribution is 5.87. The Morgan fingerprint density at radius 3 is 2.41 bits per heavy atom. The molecule has 6 heteroatoms. The first-order chi connectivity index (χ1) is 10.5. The van der Waals surface area contributed by atoms with Crippen LogP contribution < -0.4 is 5.32 Å². The lowest BCUT2D eigenvalue weighted by atomic mass is 10.0. The van der Waals surface area contributed by atoms with Crippen LogP contribution in [0, 0.1) is 17.2 Å². The van der Waals surface area contributed by atoms with Gasteiger partial charge < -0.3 is 14.8 Å². The van der Waals surface area contributed by atoms with E-state index >= 15 is 0 Å². The first kappa shape index (κ1) is 17.7. The van der Waals surface area contributed by atoms with Gasteiger partial charge in [0.25, 0.3) is 5.91 Å². The van der Waals surface area contributed by atoms with Gasteiger partial charge in [0.15, 0.2) is 6.10 Å². The normalized spacial score (nSPS) is 14.3. The van der Waals surface area contributed by atoms with E-state index in [4.69, 9.17) is 10.00 Å². The molecular formula is C16H20N2O4. The smallest absolute Gasteiger partial charge is 0.328 e. The van der Waals surface area contributed by atoms with Crippen LogP contribution in [0.15, 0.2) is 30.3 Å². The molecule has 0 saturated heterocycles. The number of hydrogen-bond donors (Lipinski definition) is 1. The molecule has 3 atom stereocenters. The molecule has 0 aromatic heterocycles. The Kier molecular flexibility index (Phi) is 7.06. The van der Waals surface area contributed by atoms with Crippen LogP contribution in [0.2, 0.25) is 0 Å². The van der Waals surface area contributed by atoms with Gasteiger partial charge in [-0.2, -0.15) is 5.26 Å². The molecule has 0 heterocycles. The van der Waals surface area contributed by atoms with Crippen molar-refractivity contribution < 1.29 is 19.1 Å². The summed E-state index contributed by atoms with van der Waals surface area (Å²) in [5.74, 6) is -1.42. The maximum Gasteiger partial charge on any atom is 0.328 e. The average Bonchev–Trinajstić information content (AvgIpc) is 2.55. The zero-order valence-electron chi connectivity index (χ0n) is 12.9.